The number of nitrogens with zero attached hydrogens (tertiary/aromatic N) is 1. The monoisotopic (exact) mass is 691 g/mol. The first-order chi connectivity index (χ1) is 23.4. The van der Waals surface area contributed by atoms with Gasteiger partial charge in [0.2, 0.25) is 17.7 Å². The van der Waals surface area contributed by atoms with Crippen molar-refractivity contribution in [2.45, 2.75) is 208 Å². The Labute approximate surface area is 303 Å². The molecule has 2 atom stereocenters. The van der Waals surface area contributed by atoms with E-state index in [0.29, 0.717) is 6.42 Å². The Morgan fingerprint density at radius 1 is 0.469 bits per heavy atom. The second kappa shape index (κ2) is 25.3. The summed E-state index contributed by atoms with van der Waals surface area (Å²) < 4.78 is 0. The maximum Gasteiger partial charge on any atom is 0.223 e. The standard InChI is InChI=1S/C42H82N4O3/c1-6-8-10-12-14-16-18-20-23-27-31-46(32-28-24-21-19-17-15-13-11-9-7-2)33-29-25-22-26-30-36-41(4,38(44)48)34-40(3,37(43)47)35-42(36,5)39(45)49/h36H,6-35H2,1-5H3,(H2,43,47)(H2,44,48)(H2,45,49). The number of primary amides is 3. The van der Waals surface area contributed by atoms with Crippen molar-refractivity contribution in [1.29, 1.82) is 0 Å². The molecule has 0 saturated heterocycles. The van der Waals surface area contributed by atoms with Crippen molar-refractivity contribution in [3.63, 3.8) is 0 Å². The molecule has 7 nitrogen and oxygen atoms in total. The molecule has 2 unspecified atom stereocenters. The zero-order valence-corrected chi connectivity index (χ0v) is 33.2. The number of rotatable bonds is 32. The Morgan fingerprint density at radius 2 is 0.755 bits per heavy atom. The zero-order valence-electron chi connectivity index (χ0n) is 33.2. The number of carbonyl (C=O) groups is 3. The summed E-state index contributed by atoms with van der Waals surface area (Å²) in [4.78, 5) is 40.8. The molecule has 49 heavy (non-hydrogen) atoms. The summed E-state index contributed by atoms with van der Waals surface area (Å²) in [6, 6.07) is 0. The molecule has 7 heteroatoms. The summed E-state index contributed by atoms with van der Waals surface area (Å²) in [5, 5.41) is 0. The molecule has 0 radical (unpaired) electrons. The molecular formula is C42H82N4O3. The van der Waals surface area contributed by atoms with Crippen molar-refractivity contribution in [3.05, 3.63) is 0 Å². The topological polar surface area (TPSA) is 133 Å². The largest absolute Gasteiger partial charge is 0.369 e. The fourth-order valence-electron chi connectivity index (χ4n) is 8.98. The Balaban J connectivity index is 2.56. The summed E-state index contributed by atoms with van der Waals surface area (Å²) >= 11 is 0. The third kappa shape index (κ3) is 17.0. The van der Waals surface area contributed by atoms with Crippen molar-refractivity contribution in [1.82, 2.24) is 4.90 Å². The predicted molar refractivity (Wildman–Crippen MR) is 208 cm³/mol. The number of nitrogens with two attached hydrogens (primary N) is 3. The van der Waals surface area contributed by atoms with E-state index in [2.05, 4.69) is 18.7 Å². The van der Waals surface area contributed by atoms with E-state index in [1.807, 2.05) is 0 Å². The molecule has 6 N–H and O–H groups in total. The van der Waals surface area contributed by atoms with Gasteiger partial charge in [0.25, 0.3) is 0 Å². The highest BCUT2D eigenvalue weighted by Crippen LogP contribution is 2.59. The Kier molecular flexibility index (Phi) is 23.5. The van der Waals surface area contributed by atoms with Crippen LogP contribution in [0.1, 0.15) is 208 Å². The van der Waals surface area contributed by atoms with Gasteiger partial charge in [0.1, 0.15) is 0 Å². The van der Waals surface area contributed by atoms with Gasteiger partial charge in [0.05, 0.1) is 10.8 Å². The molecule has 0 aromatic carbocycles. The minimum absolute atomic E-state index is 0.255. The molecule has 0 aliphatic heterocycles. The summed E-state index contributed by atoms with van der Waals surface area (Å²) in [5.41, 5.74) is 14.7. The molecule has 0 aromatic heterocycles. The van der Waals surface area contributed by atoms with Gasteiger partial charge in [-0.3, -0.25) is 14.4 Å². The van der Waals surface area contributed by atoms with E-state index in [4.69, 9.17) is 17.2 Å². The molecule has 0 spiro atoms. The summed E-state index contributed by atoms with van der Waals surface area (Å²) in [5.74, 6) is -1.78. The van der Waals surface area contributed by atoms with Crippen LogP contribution in [0.4, 0.5) is 0 Å². The SMILES string of the molecule is CCCCCCCCCCCCN(CCCCCCCCCCCC)CCCCCCC1C(C)(C(N)=O)CC(C)(C(N)=O)CC1(C)C(N)=O. The normalized spacial score (nSPS) is 24.0. The molecule has 1 aliphatic carbocycles. The van der Waals surface area contributed by atoms with Crippen molar-refractivity contribution < 1.29 is 14.4 Å². The third-order valence-electron chi connectivity index (χ3n) is 12.1. The van der Waals surface area contributed by atoms with Crippen LogP contribution in [-0.2, 0) is 14.4 Å². The van der Waals surface area contributed by atoms with E-state index in [-0.39, 0.29) is 18.8 Å². The minimum atomic E-state index is -1.02. The van der Waals surface area contributed by atoms with Crippen LogP contribution in [0.3, 0.4) is 0 Å². The van der Waals surface area contributed by atoms with E-state index in [1.54, 1.807) is 20.8 Å². The molecule has 1 saturated carbocycles. The van der Waals surface area contributed by atoms with E-state index >= 15 is 0 Å². The lowest BCUT2D eigenvalue weighted by atomic mass is 9.47. The Morgan fingerprint density at radius 3 is 1.04 bits per heavy atom. The van der Waals surface area contributed by atoms with Crippen LogP contribution in [0.2, 0.25) is 0 Å². The molecule has 3 amide bonds. The fraction of sp³-hybridized carbons (Fsp3) is 0.929. The van der Waals surface area contributed by atoms with Gasteiger partial charge in [-0.15, -0.1) is 0 Å². The van der Waals surface area contributed by atoms with Crippen LogP contribution >= 0.6 is 0 Å². The van der Waals surface area contributed by atoms with E-state index in [1.165, 1.54) is 148 Å². The lowest BCUT2D eigenvalue weighted by Crippen LogP contribution is -2.61. The van der Waals surface area contributed by atoms with Crippen LogP contribution in [0.25, 0.3) is 0 Å². The second-order valence-electron chi connectivity index (χ2n) is 16.8. The van der Waals surface area contributed by atoms with E-state index in [0.717, 1.165) is 25.8 Å². The Hall–Kier alpha value is -1.63. The van der Waals surface area contributed by atoms with Gasteiger partial charge in [-0.2, -0.15) is 0 Å². The van der Waals surface area contributed by atoms with Gasteiger partial charge in [-0.1, -0.05) is 169 Å². The Bertz CT molecular complexity index is 856. The minimum Gasteiger partial charge on any atom is -0.369 e. The third-order valence-corrected chi connectivity index (χ3v) is 12.1. The molecule has 0 bridgehead atoms. The summed E-state index contributed by atoms with van der Waals surface area (Å²) in [6.45, 7) is 13.5. The molecule has 1 aliphatic rings. The molecular weight excluding hydrogens is 608 g/mol. The predicted octanol–water partition coefficient (Wildman–Crippen LogP) is 9.97. The lowest BCUT2D eigenvalue weighted by molar-refractivity contribution is -0.161. The first kappa shape index (κ1) is 45.4. The number of unbranched alkanes of at least 4 members (excludes halogenated alkanes) is 21. The quantitative estimate of drug-likeness (QED) is 0.0606. The van der Waals surface area contributed by atoms with E-state index in [9.17, 15) is 14.4 Å². The molecule has 0 aromatic rings. The van der Waals surface area contributed by atoms with Crippen LogP contribution in [0, 0.1) is 22.2 Å². The van der Waals surface area contributed by atoms with Gasteiger partial charge in [0, 0.05) is 5.41 Å². The second-order valence-corrected chi connectivity index (χ2v) is 16.8. The van der Waals surface area contributed by atoms with E-state index < -0.39 is 34.0 Å². The number of carbonyl (C=O) groups excluding carboxylic acids is 3. The van der Waals surface area contributed by atoms with Crippen LogP contribution in [-0.4, -0.2) is 42.3 Å². The summed E-state index contributed by atoms with van der Waals surface area (Å²) in [6.07, 6.45) is 32.9. The van der Waals surface area contributed by atoms with Crippen LogP contribution in [0.15, 0.2) is 0 Å². The van der Waals surface area contributed by atoms with Gasteiger partial charge in [-0.05, 0) is 64.1 Å². The van der Waals surface area contributed by atoms with Gasteiger partial charge < -0.3 is 22.1 Å². The maximum absolute atomic E-state index is 12.8. The first-order valence-electron chi connectivity index (χ1n) is 21.0. The molecule has 1 fully saturated rings. The van der Waals surface area contributed by atoms with Crippen LogP contribution < -0.4 is 17.2 Å². The van der Waals surface area contributed by atoms with Crippen molar-refractivity contribution >= 4 is 17.7 Å². The fourth-order valence-corrected chi connectivity index (χ4v) is 8.98. The molecule has 1 rings (SSSR count). The highest BCUT2D eigenvalue weighted by molar-refractivity contribution is 5.89. The van der Waals surface area contributed by atoms with Gasteiger partial charge >= 0.3 is 0 Å². The number of amides is 3. The average Bonchev–Trinajstić information content (AvgIpc) is 3.04. The molecule has 288 valence electrons. The highest BCUT2D eigenvalue weighted by Gasteiger charge is 2.61. The number of hydrogen-bond acceptors (Lipinski definition) is 4. The highest BCUT2D eigenvalue weighted by atomic mass is 16.2. The van der Waals surface area contributed by atoms with Crippen molar-refractivity contribution in [2.75, 3.05) is 19.6 Å². The van der Waals surface area contributed by atoms with Crippen molar-refractivity contribution in [3.8, 4) is 0 Å². The number of hydrogen-bond donors (Lipinski definition) is 3. The first-order valence-corrected chi connectivity index (χ1v) is 21.0. The smallest absolute Gasteiger partial charge is 0.223 e. The average molecular weight is 691 g/mol. The lowest BCUT2D eigenvalue weighted by Gasteiger charge is -2.55. The van der Waals surface area contributed by atoms with Crippen molar-refractivity contribution in [2.24, 2.45) is 39.4 Å². The van der Waals surface area contributed by atoms with Gasteiger partial charge in [-0.25, -0.2) is 0 Å². The zero-order chi connectivity index (χ0) is 36.6. The van der Waals surface area contributed by atoms with Crippen LogP contribution in [0.5, 0.6) is 0 Å². The summed E-state index contributed by atoms with van der Waals surface area (Å²) in [7, 11) is 0. The van der Waals surface area contributed by atoms with Gasteiger partial charge in [0.15, 0.2) is 0 Å². The molecule has 0 heterocycles. The maximum atomic E-state index is 12.8.